The van der Waals surface area contributed by atoms with Gasteiger partial charge in [-0.25, -0.2) is 0 Å². The van der Waals surface area contributed by atoms with Crippen LogP contribution >= 0.6 is 0 Å². The van der Waals surface area contributed by atoms with Crippen molar-refractivity contribution in [3.8, 4) is 0 Å². The first-order chi connectivity index (χ1) is 11.6. The van der Waals surface area contributed by atoms with Gasteiger partial charge in [0.25, 0.3) is 11.8 Å². The maximum absolute atomic E-state index is 12.5. The van der Waals surface area contributed by atoms with Gasteiger partial charge in [-0.1, -0.05) is 13.8 Å². The number of anilines is 1. The van der Waals surface area contributed by atoms with Crippen LogP contribution in [-0.4, -0.2) is 23.0 Å². The van der Waals surface area contributed by atoms with Gasteiger partial charge in [0.05, 0.1) is 5.56 Å². The standard InChI is InChI=1S/C17H19F3N2O3/c1-9(2)7-12-8-13(23)14(16(25)22-12)15(24)21-11-5-3-10(4-6-11)17(18,19)20/h3-6,9,12,23H,7-8H2,1-2H3,(H,21,24)(H,22,25). The van der Waals surface area contributed by atoms with E-state index in [2.05, 4.69) is 10.6 Å². The van der Waals surface area contributed by atoms with Gasteiger partial charge in [0.1, 0.15) is 11.3 Å². The number of aliphatic hydroxyl groups excluding tert-OH is 1. The Bertz CT molecular complexity index is 694. The summed E-state index contributed by atoms with van der Waals surface area (Å²) in [6.45, 7) is 3.94. The molecule has 0 radical (unpaired) electrons. The van der Waals surface area contributed by atoms with Crippen LogP contribution in [0, 0.1) is 5.92 Å². The van der Waals surface area contributed by atoms with Gasteiger partial charge in [-0.2, -0.15) is 13.2 Å². The molecule has 8 heteroatoms. The van der Waals surface area contributed by atoms with Crippen LogP contribution in [0.1, 0.15) is 32.3 Å². The van der Waals surface area contributed by atoms with Crippen molar-refractivity contribution in [1.29, 1.82) is 0 Å². The van der Waals surface area contributed by atoms with Gasteiger partial charge in [0, 0.05) is 18.2 Å². The number of benzene rings is 1. The Morgan fingerprint density at radius 1 is 1.32 bits per heavy atom. The third kappa shape index (κ3) is 4.74. The molecule has 5 nitrogen and oxygen atoms in total. The fourth-order valence-corrected chi connectivity index (χ4v) is 2.66. The first-order valence-corrected chi connectivity index (χ1v) is 7.79. The lowest BCUT2D eigenvalue weighted by atomic mass is 9.95. The minimum atomic E-state index is -4.47. The minimum absolute atomic E-state index is 0.0930. The summed E-state index contributed by atoms with van der Waals surface area (Å²) in [4.78, 5) is 24.3. The smallest absolute Gasteiger partial charge is 0.416 e. The van der Waals surface area contributed by atoms with Gasteiger partial charge in [-0.3, -0.25) is 9.59 Å². The molecule has 1 heterocycles. The van der Waals surface area contributed by atoms with Crippen LogP contribution in [0.15, 0.2) is 35.6 Å². The van der Waals surface area contributed by atoms with Gasteiger partial charge in [0.2, 0.25) is 0 Å². The molecule has 3 N–H and O–H groups in total. The quantitative estimate of drug-likeness (QED) is 0.724. The summed E-state index contributed by atoms with van der Waals surface area (Å²) in [6.07, 6.45) is -3.68. The average Bonchev–Trinajstić information content (AvgIpc) is 2.45. The Balaban J connectivity index is 2.11. The molecule has 1 atom stereocenters. The van der Waals surface area contributed by atoms with Gasteiger partial charge >= 0.3 is 6.18 Å². The molecule has 0 saturated carbocycles. The van der Waals surface area contributed by atoms with Crippen molar-refractivity contribution in [2.75, 3.05) is 5.32 Å². The van der Waals surface area contributed by atoms with E-state index in [9.17, 15) is 27.9 Å². The summed E-state index contributed by atoms with van der Waals surface area (Å²) in [5.41, 5.74) is -1.17. The van der Waals surface area contributed by atoms with E-state index in [1.807, 2.05) is 13.8 Å². The third-order valence-corrected chi connectivity index (χ3v) is 3.74. The topological polar surface area (TPSA) is 78.4 Å². The van der Waals surface area contributed by atoms with E-state index < -0.39 is 29.1 Å². The van der Waals surface area contributed by atoms with Crippen LogP contribution < -0.4 is 10.6 Å². The number of aliphatic hydroxyl groups is 1. The third-order valence-electron chi connectivity index (χ3n) is 3.74. The molecule has 0 spiro atoms. The van der Waals surface area contributed by atoms with Crippen LogP contribution in [0.3, 0.4) is 0 Å². The van der Waals surface area contributed by atoms with Crippen molar-refractivity contribution >= 4 is 17.5 Å². The summed E-state index contributed by atoms with van der Waals surface area (Å²) in [6, 6.07) is 3.56. The molecule has 2 amide bonds. The fraction of sp³-hybridized carbons (Fsp3) is 0.412. The molecule has 0 aliphatic carbocycles. The number of rotatable bonds is 4. The normalized spacial score (nSPS) is 18.3. The lowest BCUT2D eigenvalue weighted by molar-refractivity contribution is -0.137. The zero-order valence-corrected chi connectivity index (χ0v) is 13.8. The van der Waals surface area contributed by atoms with Gasteiger partial charge < -0.3 is 15.7 Å². The molecule has 0 fully saturated rings. The van der Waals surface area contributed by atoms with Crippen LogP contribution in [0.25, 0.3) is 0 Å². The number of carbonyl (C=O) groups excluding carboxylic acids is 2. The Kier molecular flexibility index (Phi) is 5.39. The summed E-state index contributed by atoms with van der Waals surface area (Å²) >= 11 is 0. The van der Waals surface area contributed by atoms with E-state index in [0.717, 1.165) is 24.3 Å². The lowest BCUT2D eigenvalue weighted by Crippen LogP contribution is -2.44. The molecular formula is C17H19F3N2O3. The molecule has 1 aliphatic rings. The Morgan fingerprint density at radius 2 is 1.92 bits per heavy atom. The molecule has 1 aromatic carbocycles. The van der Waals surface area contributed by atoms with E-state index in [1.165, 1.54) is 0 Å². The van der Waals surface area contributed by atoms with Crippen LogP contribution in [0.5, 0.6) is 0 Å². The second-order valence-electron chi connectivity index (χ2n) is 6.35. The zero-order chi connectivity index (χ0) is 18.8. The first kappa shape index (κ1) is 18.8. The van der Waals surface area contributed by atoms with Crippen molar-refractivity contribution < 1.29 is 27.9 Å². The molecule has 1 aromatic rings. The number of alkyl halides is 3. The molecule has 25 heavy (non-hydrogen) atoms. The maximum Gasteiger partial charge on any atom is 0.416 e. The largest absolute Gasteiger partial charge is 0.511 e. The average molecular weight is 356 g/mol. The Labute approximate surface area is 142 Å². The Hall–Kier alpha value is -2.51. The van der Waals surface area contributed by atoms with Crippen molar-refractivity contribution in [1.82, 2.24) is 5.32 Å². The monoisotopic (exact) mass is 356 g/mol. The van der Waals surface area contributed by atoms with Gasteiger partial charge in [-0.05, 0) is 36.6 Å². The fourth-order valence-electron chi connectivity index (χ4n) is 2.66. The maximum atomic E-state index is 12.5. The van der Waals surface area contributed by atoms with Crippen molar-refractivity contribution in [2.24, 2.45) is 5.92 Å². The molecule has 0 aromatic heterocycles. The van der Waals surface area contributed by atoms with Crippen molar-refractivity contribution in [3.05, 3.63) is 41.2 Å². The highest BCUT2D eigenvalue weighted by molar-refractivity contribution is 6.23. The number of halogens is 3. The second kappa shape index (κ2) is 7.16. The first-order valence-electron chi connectivity index (χ1n) is 7.79. The van der Waals surface area contributed by atoms with Gasteiger partial charge in [-0.15, -0.1) is 0 Å². The predicted octanol–water partition coefficient (Wildman–Crippen LogP) is 3.39. The molecule has 0 saturated heterocycles. The lowest BCUT2D eigenvalue weighted by Gasteiger charge is -2.26. The summed E-state index contributed by atoms with van der Waals surface area (Å²) < 4.78 is 37.6. The molecule has 136 valence electrons. The number of hydrogen-bond donors (Lipinski definition) is 3. The van der Waals surface area contributed by atoms with Crippen molar-refractivity contribution in [3.63, 3.8) is 0 Å². The van der Waals surface area contributed by atoms with Crippen LogP contribution in [0.2, 0.25) is 0 Å². The predicted molar refractivity (Wildman–Crippen MR) is 85.7 cm³/mol. The number of nitrogens with one attached hydrogen (secondary N) is 2. The van der Waals surface area contributed by atoms with E-state index >= 15 is 0 Å². The van der Waals surface area contributed by atoms with Crippen LogP contribution in [-0.2, 0) is 15.8 Å². The molecule has 1 unspecified atom stereocenters. The van der Waals surface area contributed by atoms with E-state index in [-0.39, 0.29) is 23.9 Å². The summed E-state index contributed by atoms with van der Waals surface area (Å²) in [7, 11) is 0. The molecule has 0 bridgehead atoms. The van der Waals surface area contributed by atoms with E-state index in [0.29, 0.717) is 12.3 Å². The van der Waals surface area contributed by atoms with Crippen molar-refractivity contribution in [2.45, 2.75) is 38.9 Å². The number of hydrogen-bond acceptors (Lipinski definition) is 3. The highest BCUT2D eigenvalue weighted by Gasteiger charge is 2.32. The van der Waals surface area contributed by atoms with E-state index in [1.54, 1.807) is 0 Å². The zero-order valence-electron chi connectivity index (χ0n) is 13.8. The number of amides is 2. The van der Waals surface area contributed by atoms with Gasteiger partial charge in [0.15, 0.2) is 0 Å². The molecule has 2 rings (SSSR count). The van der Waals surface area contributed by atoms with E-state index in [4.69, 9.17) is 0 Å². The Morgan fingerprint density at radius 3 is 2.40 bits per heavy atom. The molecular weight excluding hydrogens is 337 g/mol. The SMILES string of the molecule is CC(C)CC1CC(O)=C(C(=O)Nc2ccc(C(F)(F)F)cc2)C(=O)N1. The molecule has 1 aliphatic heterocycles. The highest BCUT2D eigenvalue weighted by atomic mass is 19.4. The summed E-state index contributed by atoms with van der Waals surface area (Å²) in [5, 5.41) is 15.0. The van der Waals surface area contributed by atoms with Crippen LogP contribution in [0.4, 0.5) is 18.9 Å². The second-order valence-corrected chi connectivity index (χ2v) is 6.35. The minimum Gasteiger partial charge on any atom is -0.511 e. The summed E-state index contributed by atoms with van der Waals surface area (Å²) in [5.74, 6) is -1.57. The number of carbonyl (C=O) groups is 2. The highest BCUT2D eigenvalue weighted by Crippen LogP contribution is 2.30.